The lowest BCUT2D eigenvalue weighted by molar-refractivity contribution is -0.117. The van der Waals surface area contributed by atoms with Gasteiger partial charge in [0.2, 0.25) is 5.91 Å². The molecule has 5 heteroatoms. The second kappa shape index (κ2) is 6.39. The third kappa shape index (κ3) is 4.34. The highest BCUT2D eigenvalue weighted by molar-refractivity contribution is 7.90. The Morgan fingerprint density at radius 3 is 2.30 bits per heavy atom. The zero-order chi connectivity index (χ0) is 14.6. The van der Waals surface area contributed by atoms with Crippen LogP contribution < -0.4 is 5.32 Å². The molecule has 1 aliphatic rings. The monoisotopic (exact) mass is 295 g/mol. The Kier molecular flexibility index (Phi) is 4.81. The molecule has 2 rings (SSSR count). The highest BCUT2D eigenvalue weighted by Crippen LogP contribution is 2.26. The van der Waals surface area contributed by atoms with Gasteiger partial charge in [0.05, 0.1) is 4.90 Å². The molecule has 0 spiro atoms. The maximum Gasteiger partial charge on any atom is 0.224 e. The Morgan fingerprint density at radius 1 is 1.15 bits per heavy atom. The summed E-state index contributed by atoms with van der Waals surface area (Å²) >= 11 is 0. The van der Waals surface area contributed by atoms with Crippen molar-refractivity contribution in [2.24, 2.45) is 5.92 Å². The molecule has 1 aromatic rings. The van der Waals surface area contributed by atoms with Crippen LogP contribution >= 0.6 is 0 Å². The fourth-order valence-electron chi connectivity index (χ4n) is 2.65. The Labute approximate surface area is 120 Å². The minimum atomic E-state index is -3.18. The van der Waals surface area contributed by atoms with Gasteiger partial charge in [-0.2, -0.15) is 0 Å². The van der Waals surface area contributed by atoms with E-state index in [4.69, 9.17) is 0 Å². The lowest BCUT2D eigenvalue weighted by atomic mass is 9.87. The number of hydrogen-bond acceptors (Lipinski definition) is 3. The maximum absolute atomic E-state index is 11.9. The fraction of sp³-hybridized carbons (Fsp3) is 0.533. The second-order valence-corrected chi connectivity index (χ2v) is 7.57. The summed E-state index contributed by atoms with van der Waals surface area (Å²) < 4.78 is 22.7. The summed E-state index contributed by atoms with van der Waals surface area (Å²) in [5.41, 5.74) is 0.651. The first kappa shape index (κ1) is 15.0. The molecule has 1 fully saturated rings. The Balaban J connectivity index is 1.91. The molecule has 1 aliphatic carbocycles. The molecular weight excluding hydrogens is 274 g/mol. The number of anilines is 1. The van der Waals surface area contributed by atoms with E-state index in [1.54, 1.807) is 12.1 Å². The van der Waals surface area contributed by atoms with Gasteiger partial charge in [0.25, 0.3) is 0 Å². The lowest BCUT2D eigenvalue weighted by Crippen LogP contribution is -2.18. The number of carbonyl (C=O) groups excluding carboxylic acids is 1. The summed E-state index contributed by atoms with van der Waals surface area (Å²) in [6.07, 6.45) is 7.74. The molecule has 0 atom stereocenters. The van der Waals surface area contributed by atoms with Crippen molar-refractivity contribution < 1.29 is 13.2 Å². The molecule has 0 aliphatic heterocycles. The smallest absolute Gasteiger partial charge is 0.224 e. The van der Waals surface area contributed by atoms with Crippen LogP contribution in [0.2, 0.25) is 0 Å². The van der Waals surface area contributed by atoms with Gasteiger partial charge in [-0.1, -0.05) is 19.3 Å². The number of carbonyl (C=O) groups is 1. The maximum atomic E-state index is 11.9. The predicted octanol–water partition coefficient (Wildman–Crippen LogP) is 3.00. The van der Waals surface area contributed by atoms with Crippen molar-refractivity contribution in [1.82, 2.24) is 0 Å². The van der Waals surface area contributed by atoms with Gasteiger partial charge in [-0.15, -0.1) is 0 Å². The average Bonchev–Trinajstić information content (AvgIpc) is 2.39. The summed E-state index contributed by atoms with van der Waals surface area (Å²) in [6.45, 7) is 0. The summed E-state index contributed by atoms with van der Waals surface area (Å²) in [4.78, 5) is 12.2. The van der Waals surface area contributed by atoms with E-state index in [1.165, 1.54) is 37.7 Å². The molecule has 1 N–H and O–H groups in total. The van der Waals surface area contributed by atoms with Gasteiger partial charge in [0, 0.05) is 18.4 Å². The first-order valence-corrected chi connectivity index (χ1v) is 8.94. The summed E-state index contributed by atoms with van der Waals surface area (Å²) in [5, 5.41) is 2.83. The molecular formula is C15H21NO3S. The number of nitrogens with one attached hydrogen (secondary N) is 1. The van der Waals surface area contributed by atoms with Crippen LogP contribution in [0, 0.1) is 5.92 Å². The highest BCUT2D eigenvalue weighted by Gasteiger charge is 2.17. The molecule has 0 heterocycles. The number of benzene rings is 1. The van der Waals surface area contributed by atoms with Gasteiger partial charge in [-0.25, -0.2) is 8.42 Å². The van der Waals surface area contributed by atoms with Gasteiger partial charge in [0.15, 0.2) is 9.84 Å². The minimum Gasteiger partial charge on any atom is -0.326 e. The van der Waals surface area contributed by atoms with Crippen LogP contribution in [0.25, 0.3) is 0 Å². The summed E-state index contributed by atoms with van der Waals surface area (Å²) in [5.74, 6) is 0.517. The predicted molar refractivity (Wildman–Crippen MR) is 79.4 cm³/mol. The molecule has 0 aromatic heterocycles. The van der Waals surface area contributed by atoms with Crippen LogP contribution in [0.5, 0.6) is 0 Å². The Hall–Kier alpha value is -1.36. The molecule has 0 unspecified atom stereocenters. The largest absolute Gasteiger partial charge is 0.326 e. The van der Waals surface area contributed by atoms with Crippen LogP contribution in [0.1, 0.15) is 38.5 Å². The van der Waals surface area contributed by atoms with Crippen molar-refractivity contribution in [3.63, 3.8) is 0 Å². The molecule has 110 valence electrons. The topological polar surface area (TPSA) is 63.2 Å². The van der Waals surface area contributed by atoms with Gasteiger partial charge < -0.3 is 5.32 Å². The van der Waals surface area contributed by atoms with E-state index in [-0.39, 0.29) is 10.8 Å². The van der Waals surface area contributed by atoms with Gasteiger partial charge in [-0.05, 0) is 43.0 Å². The van der Waals surface area contributed by atoms with Gasteiger partial charge in [0.1, 0.15) is 0 Å². The van der Waals surface area contributed by atoms with Crippen molar-refractivity contribution in [2.75, 3.05) is 11.6 Å². The van der Waals surface area contributed by atoms with Crippen LogP contribution in [0.15, 0.2) is 29.2 Å². The first-order chi connectivity index (χ1) is 9.45. The Morgan fingerprint density at radius 2 is 1.75 bits per heavy atom. The number of amides is 1. The molecule has 0 saturated heterocycles. The minimum absolute atomic E-state index is 0.0176. The van der Waals surface area contributed by atoms with Crippen LogP contribution in [0.4, 0.5) is 5.69 Å². The number of sulfone groups is 1. The van der Waals surface area contributed by atoms with Crippen molar-refractivity contribution >= 4 is 21.4 Å². The van der Waals surface area contributed by atoms with Crippen LogP contribution in [0.3, 0.4) is 0 Å². The molecule has 0 bridgehead atoms. The van der Waals surface area contributed by atoms with E-state index in [0.29, 0.717) is 18.0 Å². The van der Waals surface area contributed by atoms with Crippen LogP contribution in [-0.4, -0.2) is 20.6 Å². The normalized spacial score (nSPS) is 16.9. The SMILES string of the molecule is CS(=O)(=O)c1ccc(NC(=O)CC2CCCCC2)cc1. The summed E-state index contributed by atoms with van der Waals surface area (Å²) in [6, 6.07) is 6.31. The highest BCUT2D eigenvalue weighted by atomic mass is 32.2. The van der Waals surface area contributed by atoms with Crippen LogP contribution in [-0.2, 0) is 14.6 Å². The third-order valence-electron chi connectivity index (χ3n) is 3.77. The second-order valence-electron chi connectivity index (χ2n) is 5.55. The van der Waals surface area contributed by atoms with E-state index in [2.05, 4.69) is 5.32 Å². The zero-order valence-corrected chi connectivity index (χ0v) is 12.6. The lowest BCUT2D eigenvalue weighted by Gasteiger charge is -2.20. The quantitative estimate of drug-likeness (QED) is 0.928. The molecule has 1 aromatic carbocycles. The van der Waals surface area contributed by atoms with E-state index < -0.39 is 9.84 Å². The number of hydrogen-bond donors (Lipinski definition) is 1. The average molecular weight is 295 g/mol. The molecule has 0 radical (unpaired) electrons. The van der Waals surface area contributed by atoms with E-state index >= 15 is 0 Å². The van der Waals surface area contributed by atoms with Crippen molar-refractivity contribution in [3.05, 3.63) is 24.3 Å². The van der Waals surface area contributed by atoms with Crippen molar-refractivity contribution in [3.8, 4) is 0 Å². The standard InChI is InChI=1S/C15H21NO3S/c1-20(18,19)14-9-7-13(8-10-14)16-15(17)11-12-5-3-2-4-6-12/h7-10,12H,2-6,11H2,1H3,(H,16,17). The van der Waals surface area contributed by atoms with Crippen molar-refractivity contribution in [2.45, 2.75) is 43.4 Å². The van der Waals surface area contributed by atoms with E-state index in [9.17, 15) is 13.2 Å². The van der Waals surface area contributed by atoms with E-state index in [1.807, 2.05) is 0 Å². The van der Waals surface area contributed by atoms with Crippen molar-refractivity contribution in [1.29, 1.82) is 0 Å². The first-order valence-electron chi connectivity index (χ1n) is 7.05. The molecule has 20 heavy (non-hydrogen) atoms. The van der Waals surface area contributed by atoms with Gasteiger partial charge >= 0.3 is 0 Å². The molecule has 1 amide bonds. The van der Waals surface area contributed by atoms with Gasteiger partial charge in [-0.3, -0.25) is 4.79 Å². The molecule has 1 saturated carbocycles. The zero-order valence-electron chi connectivity index (χ0n) is 11.8. The third-order valence-corrected chi connectivity index (χ3v) is 4.89. The fourth-order valence-corrected chi connectivity index (χ4v) is 3.28. The molecule has 4 nitrogen and oxygen atoms in total. The number of rotatable bonds is 4. The Bertz CT molecular complexity index is 557. The summed E-state index contributed by atoms with van der Waals surface area (Å²) in [7, 11) is -3.18. The van der Waals surface area contributed by atoms with E-state index in [0.717, 1.165) is 12.8 Å².